The van der Waals surface area contributed by atoms with Crippen LogP contribution in [-0.4, -0.2) is 16.6 Å². The molecule has 22 heavy (non-hydrogen) atoms. The third-order valence-corrected chi connectivity index (χ3v) is 4.00. The van der Waals surface area contributed by atoms with Crippen LogP contribution in [0, 0.1) is 10.1 Å². The molecule has 0 spiro atoms. The highest BCUT2D eigenvalue weighted by Gasteiger charge is 2.14. The van der Waals surface area contributed by atoms with Crippen LogP contribution >= 0.6 is 23.4 Å². The standard InChI is InChI=1S/C15H13ClN2O3S/c16-12-5-3-4-11(8-12)9-22-10-15(19)17-13-6-1-2-7-14(13)18(20)21/h1-8H,9-10H2,(H,17,19). The summed E-state index contributed by atoms with van der Waals surface area (Å²) >= 11 is 7.30. The Hall–Kier alpha value is -2.05. The van der Waals surface area contributed by atoms with Crippen molar-refractivity contribution in [2.24, 2.45) is 0 Å². The van der Waals surface area contributed by atoms with Gasteiger partial charge in [0, 0.05) is 16.8 Å². The number of nitro benzene ring substituents is 1. The molecule has 0 heterocycles. The van der Waals surface area contributed by atoms with Gasteiger partial charge in [0.25, 0.3) is 5.69 Å². The quantitative estimate of drug-likeness (QED) is 0.636. The number of rotatable bonds is 6. The van der Waals surface area contributed by atoms with Gasteiger partial charge in [-0.3, -0.25) is 14.9 Å². The Morgan fingerprint density at radius 2 is 2.00 bits per heavy atom. The maximum atomic E-state index is 11.9. The van der Waals surface area contributed by atoms with Crippen LogP contribution in [0.2, 0.25) is 5.02 Å². The van der Waals surface area contributed by atoms with Crippen LogP contribution in [0.1, 0.15) is 5.56 Å². The smallest absolute Gasteiger partial charge is 0.292 e. The van der Waals surface area contributed by atoms with Crippen molar-refractivity contribution >= 4 is 40.6 Å². The average molecular weight is 337 g/mol. The maximum Gasteiger partial charge on any atom is 0.292 e. The first-order valence-corrected chi connectivity index (χ1v) is 7.95. The fourth-order valence-corrected chi connectivity index (χ4v) is 2.80. The minimum atomic E-state index is -0.519. The number of para-hydroxylation sites is 2. The van der Waals surface area contributed by atoms with E-state index in [2.05, 4.69) is 5.32 Å². The largest absolute Gasteiger partial charge is 0.320 e. The second kappa shape index (κ2) is 7.82. The second-order valence-electron chi connectivity index (χ2n) is 4.45. The summed E-state index contributed by atoms with van der Waals surface area (Å²) in [6.45, 7) is 0. The fraction of sp³-hybridized carbons (Fsp3) is 0.133. The predicted molar refractivity (Wildman–Crippen MR) is 89.3 cm³/mol. The third kappa shape index (κ3) is 4.75. The van der Waals surface area contributed by atoms with Gasteiger partial charge in [-0.15, -0.1) is 11.8 Å². The van der Waals surface area contributed by atoms with E-state index in [1.54, 1.807) is 18.2 Å². The minimum Gasteiger partial charge on any atom is -0.320 e. The Labute approximate surface area is 136 Å². The van der Waals surface area contributed by atoms with E-state index in [0.29, 0.717) is 10.8 Å². The molecular formula is C15H13ClN2O3S. The number of nitrogens with zero attached hydrogens (tertiary/aromatic N) is 1. The zero-order valence-corrected chi connectivity index (χ0v) is 13.1. The summed E-state index contributed by atoms with van der Waals surface area (Å²) in [4.78, 5) is 22.2. The van der Waals surface area contributed by atoms with E-state index in [4.69, 9.17) is 11.6 Å². The Morgan fingerprint density at radius 1 is 1.23 bits per heavy atom. The molecule has 114 valence electrons. The highest BCUT2D eigenvalue weighted by molar-refractivity contribution is 7.99. The lowest BCUT2D eigenvalue weighted by atomic mass is 10.2. The molecular weight excluding hydrogens is 324 g/mol. The van der Waals surface area contributed by atoms with Gasteiger partial charge in [-0.2, -0.15) is 0 Å². The Kier molecular flexibility index (Phi) is 5.80. The number of thioether (sulfide) groups is 1. The first-order chi connectivity index (χ1) is 10.6. The lowest BCUT2D eigenvalue weighted by Crippen LogP contribution is -2.15. The van der Waals surface area contributed by atoms with E-state index in [1.807, 2.05) is 18.2 Å². The Morgan fingerprint density at radius 3 is 2.73 bits per heavy atom. The summed E-state index contributed by atoms with van der Waals surface area (Å²) in [5, 5.41) is 14.1. The molecule has 0 atom stereocenters. The van der Waals surface area contributed by atoms with Crippen molar-refractivity contribution in [1.82, 2.24) is 0 Å². The highest BCUT2D eigenvalue weighted by atomic mass is 35.5. The van der Waals surface area contributed by atoms with E-state index in [1.165, 1.54) is 23.9 Å². The van der Waals surface area contributed by atoms with Crippen molar-refractivity contribution < 1.29 is 9.72 Å². The summed E-state index contributed by atoms with van der Waals surface area (Å²) in [6, 6.07) is 13.5. The number of amides is 1. The predicted octanol–water partition coefficient (Wildman–Crippen LogP) is 4.12. The van der Waals surface area contributed by atoms with Gasteiger partial charge in [0.2, 0.25) is 5.91 Å². The molecule has 0 saturated carbocycles. The van der Waals surface area contributed by atoms with Crippen LogP contribution in [0.15, 0.2) is 48.5 Å². The fourth-order valence-electron chi connectivity index (χ4n) is 1.81. The number of halogens is 1. The molecule has 0 radical (unpaired) electrons. The molecule has 7 heteroatoms. The molecule has 0 aliphatic heterocycles. The first kappa shape index (κ1) is 16.3. The van der Waals surface area contributed by atoms with E-state index >= 15 is 0 Å². The third-order valence-electron chi connectivity index (χ3n) is 2.77. The topological polar surface area (TPSA) is 72.2 Å². The van der Waals surface area contributed by atoms with Crippen LogP contribution in [-0.2, 0) is 10.5 Å². The van der Waals surface area contributed by atoms with Crippen LogP contribution in [0.5, 0.6) is 0 Å². The van der Waals surface area contributed by atoms with Crippen molar-refractivity contribution in [3.63, 3.8) is 0 Å². The molecule has 2 aromatic carbocycles. The van der Waals surface area contributed by atoms with E-state index in [-0.39, 0.29) is 23.0 Å². The van der Waals surface area contributed by atoms with Gasteiger partial charge in [-0.25, -0.2) is 0 Å². The lowest BCUT2D eigenvalue weighted by molar-refractivity contribution is -0.383. The van der Waals surface area contributed by atoms with Crippen LogP contribution < -0.4 is 5.32 Å². The minimum absolute atomic E-state index is 0.115. The molecule has 0 aromatic heterocycles. The molecule has 1 amide bonds. The van der Waals surface area contributed by atoms with Gasteiger partial charge in [0.05, 0.1) is 10.7 Å². The van der Waals surface area contributed by atoms with Crippen molar-refractivity contribution in [3.05, 3.63) is 69.2 Å². The summed E-state index contributed by atoms with van der Waals surface area (Å²) in [5.74, 6) is 0.574. The van der Waals surface area contributed by atoms with Gasteiger partial charge in [0.1, 0.15) is 5.69 Å². The van der Waals surface area contributed by atoms with E-state index < -0.39 is 4.92 Å². The lowest BCUT2D eigenvalue weighted by Gasteiger charge is -2.06. The van der Waals surface area contributed by atoms with Gasteiger partial charge in [-0.05, 0) is 23.8 Å². The zero-order chi connectivity index (χ0) is 15.9. The summed E-state index contributed by atoms with van der Waals surface area (Å²) < 4.78 is 0. The maximum absolute atomic E-state index is 11.9. The summed E-state index contributed by atoms with van der Waals surface area (Å²) in [6.07, 6.45) is 0. The number of carbonyl (C=O) groups is 1. The normalized spacial score (nSPS) is 10.2. The number of carbonyl (C=O) groups excluding carboxylic acids is 1. The van der Waals surface area contributed by atoms with Crippen LogP contribution in [0.25, 0.3) is 0 Å². The molecule has 0 aliphatic carbocycles. The number of anilines is 1. The van der Waals surface area contributed by atoms with Gasteiger partial charge in [0.15, 0.2) is 0 Å². The highest BCUT2D eigenvalue weighted by Crippen LogP contribution is 2.23. The first-order valence-electron chi connectivity index (χ1n) is 6.42. The average Bonchev–Trinajstić information content (AvgIpc) is 2.47. The van der Waals surface area contributed by atoms with Crippen molar-refractivity contribution in [2.75, 3.05) is 11.1 Å². The van der Waals surface area contributed by atoms with E-state index in [0.717, 1.165) is 5.56 Å². The molecule has 0 aliphatic rings. The Balaban J connectivity index is 1.87. The summed E-state index contributed by atoms with van der Waals surface area (Å²) in [5.41, 5.74) is 1.12. The molecule has 0 fully saturated rings. The SMILES string of the molecule is O=C(CSCc1cccc(Cl)c1)Nc1ccccc1[N+](=O)[O-]. The van der Waals surface area contributed by atoms with Crippen molar-refractivity contribution in [2.45, 2.75) is 5.75 Å². The molecule has 1 N–H and O–H groups in total. The molecule has 0 saturated heterocycles. The zero-order valence-electron chi connectivity index (χ0n) is 11.5. The molecule has 2 rings (SSSR count). The van der Waals surface area contributed by atoms with Crippen molar-refractivity contribution in [3.8, 4) is 0 Å². The molecule has 0 bridgehead atoms. The number of benzene rings is 2. The van der Waals surface area contributed by atoms with Crippen LogP contribution in [0.3, 0.4) is 0 Å². The monoisotopic (exact) mass is 336 g/mol. The molecule has 0 unspecified atom stereocenters. The van der Waals surface area contributed by atoms with E-state index in [9.17, 15) is 14.9 Å². The van der Waals surface area contributed by atoms with Gasteiger partial charge in [-0.1, -0.05) is 35.9 Å². The van der Waals surface area contributed by atoms with Crippen molar-refractivity contribution in [1.29, 1.82) is 0 Å². The molecule has 2 aromatic rings. The van der Waals surface area contributed by atoms with Crippen LogP contribution in [0.4, 0.5) is 11.4 Å². The summed E-state index contributed by atoms with van der Waals surface area (Å²) in [7, 11) is 0. The Bertz CT molecular complexity index is 694. The number of hydrogen-bond acceptors (Lipinski definition) is 4. The number of nitrogens with one attached hydrogen (secondary N) is 1. The number of hydrogen-bond donors (Lipinski definition) is 1. The van der Waals surface area contributed by atoms with Gasteiger partial charge < -0.3 is 5.32 Å². The molecule has 5 nitrogen and oxygen atoms in total. The second-order valence-corrected chi connectivity index (χ2v) is 5.87. The number of nitro groups is 1. The van der Waals surface area contributed by atoms with Gasteiger partial charge >= 0.3 is 0 Å².